The van der Waals surface area contributed by atoms with Gasteiger partial charge in [-0.25, -0.2) is 0 Å². The lowest BCUT2D eigenvalue weighted by molar-refractivity contribution is -0.115. The van der Waals surface area contributed by atoms with Crippen LogP contribution in [0.15, 0.2) is 72.8 Å². The molecule has 0 saturated carbocycles. The fourth-order valence-corrected chi connectivity index (χ4v) is 2.84. The van der Waals surface area contributed by atoms with Gasteiger partial charge in [0.05, 0.1) is 20.6 Å². The standard InChI is InChI=1S/C23H22N2O4/c1-28-20-12-11-17(21(15-20)29-2)13-22(26)24-18-9-6-10-19(14-18)25-23(27)16-7-4-3-5-8-16/h3-12,14-15H,13H2,1-2H3,(H,24,26)(H,25,27). The number of methoxy groups -OCH3 is 2. The maximum absolute atomic E-state index is 12.5. The van der Waals surface area contributed by atoms with Crippen LogP contribution in [0.5, 0.6) is 11.5 Å². The van der Waals surface area contributed by atoms with Crippen molar-refractivity contribution in [1.29, 1.82) is 0 Å². The molecule has 0 radical (unpaired) electrons. The second kappa shape index (κ2) is 9.41. The van der Waals surface area contributed by atoms with Crippen LogP contribution >= 0.6 is 0 Å². The highest BCUT2D eigenvalue weighted by atomic mass is 16.5. The summed E-state index contributed by atoms with van der Waals surface area (Å²) in [6, 6.07) is 21.3. The van der Waals surface area contributed by atoms with Crippen molar-refractivity contribution in [2.75, 3.05) is 24.9 Å². The summed E-state index contributed by atoms with van der Waals surface area (Å²) in [6.07, 6.45) is 0.147. The highest BCUT2D eigenvalue weighted by Gasteiger charge is 2.11. The molecule has 0 aliphatic rings. The van der Waals surface area contributed by atoms with Crippen molar-refractivity contribution in [2.45, 2.75) is 6.42 Å². The van der Waals surface area contributed by atoms with Crippen molar-refractivity contribution in [3.63, 3.8) is 0 Å². The molecule has 3 aromatic rings. The third-order valence-electron chi connectivity index (χ3n) is 4.29. The Kier molecular flexibility index (Phi) is 6.47. The summed E-state index contributed by atoms with van der Waals surface area (Å²) in [4.78, 5) is 24.8. The topological polar surface area (TPSA) is 76.7 Å². The molecule has 0 spiro atoms. The van der Waals surface area contributed by atoms with E-state index in [1.54, 1.807) is 80.9 Å². The van der Waals surface area contributed by atoms with Gasteiger partial charge in [0.2, 0.25) is 5.91 Å². The number of amides is 2. The van der Waals surface area contributed by atoms with Crippen LogP contribution in [-0.4, -0.2) is 26.0 Å². The lowest BCUT2D eigenvalue weighted by atomic mass is 10.1. The highest BCUT2D eigenvalue weighted by Crippen LogP contribution is 2.25. The molecule has 0 fully saturated rings. The molecule has 2 amide bonds. The van der Waals surface area contributed by atoms with E-state index >= 15 is 0 Å². The summed E-state index contributed by atoms with van der Waals surface area (Å²) in [5, 5.41) is 5.68. The number of benzene rings is 3. The molecule has 6 nitrogen and oxygen atoms in total. The van der Waals surface area contributed by atoms with Crippen LogP contribution in [0, 0.1) is 0 Å². The largest absolute Gasteiger partial charge is 0.497 e. The average Bonchev–Trinajstić information content (AvgIpc) is 2.74. The van der Waals surface area contributed by atoms with Gasteiger partial charge in [-0.2, -0.15) is 0 Å². The van der Waals surface area contributed by atoms with Gasteiger partial charge in [0.25, 0.3) is 5.91 Å². The third-order valence-corrected chi connectivity index (χ3v) is 4.29. The van der Waals surface area contributed by atoms with E-state index in [1.807, 2.05) is 6.07 Å². The molecule has 2 N–H and O–H groups in total. The first-order valence-corrected chi connectivity index (χ1v) is 9.06. The molecule has 0 aliphatic heterocycles. The van der Waals surface area contributed by atoms with Crippen LogP contribution in [0.4, 0.5) is 11.4 Å². The van der Waals surface area contributed by atoms with Crippen molar-refractivity contribution < 1.29 is 19.1 Å². The summed E-state index contributed by atoms with van der Waals surface area (Å²) in [7, 11) is 3.12. The summed E-state index contributed by atoms with van der Waals surface area (Å²) in [6.45, 7) is 0. The fraction of sp³-hybridized carbons (Fsp3) is 0.130. The molecule has 0 heterocycles. The summed E-state index contributed by atoms with van der Waals surface area (Å²) >= 11 is 0. The number of ether oxygens (including phenoxy) is 2. The van der Waals surface area contributed by atoms with Gasteiger partial charge in [-0.05, 0) is 36.4 Å². The molecule has 29 heavy (non-hydrogen) atoms. The lowest BCUT2D eigenvalue weighted by Gasteiger charge is -2.12. The molecule has 3 rings (SSSR count). The number of anilines is 2. The predicted molar refractivity (Wildman–Crippen MR) is 113 cm³/mol. The molecule has 3 aromatic carbocycles. The summed E-state index contributed by atoms with van der Waals surface area (Å²) < 4.78 is 10.5. The molecular formula is C23H22N2O4. The Labute approximate surface area is 169 Å². The first-order chi connectivity index (χ1) is 14.1. The zero-order chi connectivity index (χ0) is 20.6. The van der Waals surface area contributed by atoms with Gasteiger partial charge in [-0.3, -0.25) is 9.59 Å². The fourth-order valence-electron chi connectivity index (χ4n) is 2.84. The van der Waals surface area contributed by atoms with Gasteiger partial charge in [-0.1, -0.05) is 30.3 Å². The van der Waals surface area contributed by atoms with Crippen LogP contribution in [0.2, 0.25) is 0 Å². The second-order valence-electron chi connectivity index (χ2n) is 6.30. The second-order valence-corrected chi connectivity index (χ2v) is 6.30. The van der Waals surface area contributed by atoms with E-state index in [-0.39, 0.29) is 18.2 Å². The quantitative estimate of drug-likeness (QED) is 0.636. The van der Waals surface area contributed by atoms with Crippen molar-refractivity contribution in [3.05, 3.63) is 83.9 Å². The molecule has 0 saturated heterocycles. The Morgan fingerprint density at radius 3 is 2.21 bits per heavy atom. The number of carbonyl (C=O) groups is 2. The Bertz CT molecular complexity index is 1000. The van der Waals surface area contributed by atoms with Gasteiger partial charge in [0.15, 0.2) is 0 Å². The van der Waals surface area contributed by atoms with Crippen molar-refractivity contribution in [3.8, 4) is 11.5 Å². The maximum atomic E-state index is 12.5. The SMILES string of the molecule is COc1ccc(CC(=O)Nc2cccc(NC(=O)c3ccccc3)c2)c(OC)c1. The summed E-state index contributed by atoms with van der Waals surface area (Å²) in [5.74, 6) is 0.841. The highest BCUT2D eigenvalue weighted by molar-refractivity contribution is 6.04. The maximum Gasteiger partial charge on any atom is 0.255 e. The molecule has 0 atom stereocenters. The molecule has 6 heteroatoms. The van der Waals surface area contributed by atoms with Crippen molar-refractivity contribution >= 4 is 23.2 Å². The molecular weight excluding hydrogens is 368 g/mol. The van der Waals surface area contributed by atoms with Gasteiger partial charge < -0.3 is 20.1 Å². The average molecular weight is 390 g/mol. The number of nitrogens with one attached hydrogen (secondary N) is 2. The van der Waals surface area contributed by atoms with Gasteiger partial charge in [0.1, 0.15) is 11.5 Å². The minimum atomic E-state index is -0.211. The van der Waals surface area contributed by atoms with E-state index in [1.165, 1.54) is 0 Å². The minimum Gasteiger partial charge on any atom is -0.497 e. The molecule has 148 valence electrons. The first-order valence-electron chi connectivity index (χ1n) is 9.06. The Balaban J connectivity index is 1.65. The van der Waals surface area contributed by atoms with Gasteiger partial charge in [-0.15, -0.1) is 0 Å². The van der Waals surface area contributed by atoms with E-state index in [4.69, 9.17) is 9.47 Å². The van der Waals surface area contributed by atoms with E-state index in [0.29, 0.717) is 28.4 Å². The number of carbonyl (C=O) groups excluding carboxylic acids is 2. The van der Waals surface area contributed by atoms with Crippen LogP contribution in [0.3, 0.4) is 0 Å². The Morgan fingerprint density at radius 1 is 0.793 bits per heavy atom. The number of hydrogen-bond acceptors (Lipinski definition) is 4. The normalized spacial score (nSPS) is 10.1. The minimum absolute atomic E-state index is 0.147. The molecule has 0 bridgehead atoms. The summed E-state index contributed by atoms with van der Waals surface area (Å²) in [5.41, 5.74) is 2.50. The van der Waals surface area contributed by atoms with Crippen LogP contribution < -0.4 is 20.1 Å². The van der Waals surface area contributed by atoms with Crippen LogP contribution in [0.25, 0.3) is 0 Å². The first kappa shape index (κ1) is 19.9. The molecule has 0 aliphatic carbocycles. The van der Waals surface area contributed by atoms with E-state index in [9.17, 15) is 9.59 Å². The van der Waals surface area contributed by atoms with Crippen molar-refractivity contribution in [2.24, 2.45) is 0 Å². The third kappa shape index (κ3) is 5.35. The zero-order valence-electron chi connectivity index (χ0n) is 16.3. The van der Waals surface area contributed by atoms with E-state index in [0.717, 1.165) is 5.56 Å². The monoisotopic (exact) mass is 390 g/mol. The Morgan fingerprint density at radius 2 is 1.52 bits per heavy atom. The number of hydrogen-bond donors (Lipinski definition) is 2. The molecule has 0 unspecified atom stereocenters. The van der Waals surface area contributed by atoms with Gasteiger partial charge in [0, 0.05) is 28.6 Å². The molecule has 0 aromatic heterocycles. The lowest BCUT2D eigenvalue weighted by Crippen LogP contribution is -2.16. The van der Waals surface area contributed by atoms with Gasteiger partial charge >= 0.3 is 0 Å². The zero-order valence-corrected chi connectivity index (χ0v) is 16.3. The van der Waals surface area contributed by atoms with E-state index in [2.05, 4.69) is 10.6 Å². The smallest absolute Gasteiger partial charge is 0.255 e. The van der Waals surface area contributed by atoms with Crippen molar-refractivity contribution in [1.82, 2.24) is 0 Å². The predicted octanol–water partition coefficient (Wildman–Crippen LogP) is 4.14. The Hall–Kier alpha value is -3.80. The van der Waals surface area contributed by atoms with Crippen LogP contribution in [-0.2, 0) is 11.2 Å². The van der Waals surface area contributed by atoms with Crippen LogP contribution in [0.1, 0.15) is 15.9 Å². The number of rotatable bonds is 7. The van der Waals surface area contributed by atoms with E-state index < -0.39 is 0 Å².